The van der Waals surface area contributed by atoms with Crippen molar-refractivity contribution in [2.45, 2.75) is 26.3 Å². The van der Waals surface area contributed by atoms with Crippen molar-refractivity contribution in [3.8, 4) is 11.6 Å². The molecule has 0 spiro atoms. The van der Waals surface area contributed by atoms with Crippen LogP contribution in [0.1, 0.15) is 24.0 Å². The molecule has 0 N–H and O–H groups in total. The minimum atomic E-state index is 0.592. The summed E-state index contributed by atoms with van der Waals surface area (Å²) in [5.41, 5.74) is 3.29. The summed E-state index contributed by atoms with van der Waals surface area (Å²) in [6.07, 6.45) is 5.99. The molecule has 23 heavy (non-hydrogen) atoms. The van der Waals surface area contributed by atoms with E-state index in [2.05, 4.69) is 28.9 Å². The molecule has 0 atom stereocenters. The van der Waals surface area contributed by atoms with Crippen molar-refractivity contribution >= 4 is 11.0 Å². The van der Waals surface area contributed by atoms with E-state index in [4.69, 9.17) is 9.15 Å². The van der Waals surface area contributed by atoms with Gasteiger partial charge in [-0.3, -0.25) is 4.90 Å². The molecule has 3 heterocycles. The molecule has 1 aromatic carbocycles. The molecule has 4 rings (SSSR count). The normalized spacial score (nSPS) is 15.3. The third-order valence-electron chi connectivity index (χ3n) is 4.27. The number of aryl methyl sites for hydroxylation is 1. The van der Waals surface area contributed by atoms with Crippen molar-refractivity contribution < 1.29 is 9.15 Å². The number of aromatic nitrogens is 1. The molecule has 0 amide bonds. The molecule has 1 saturated heterocycles. The summed E-state index contributed by atoms with van der Waals surface area (Å²) in [6, 6.07) is 10.1. The van der Waals surface area contributed by atoms with Gasteiger partial charge >= 0.3 is 0 Å². The molecule has 2 aromatic heterocycles. The zero-order valence-electron chi connectivity index (χ0n) is 13.3. The Labute approximate surface area is 135 Å². The lowest BCUT2D eigenvalue weighted by Crippen LogP contribution is -2.18. The largest absolute Gasteiger partial charge is 0.464 e. The second kappa shape index (κ2) is 6.05. The van der Waals surface area contributed by atoms with Crippen LogP contribution >= 0.6 is 0 Å². The number of benzene rings is 1. The van der Waals surface area contributed by atoms with E-state index in [0.29, 0.717) is 5.88 Å². The summed E-state index contributed by atoms with van der Waals surface area (Å²) in [7, 11) is 0. The third kappa shape index (κ3) is 3.08. The Morgan fingerprint density at radius 2 is 2.04 bits per heavy atom. The first kappa shape index (κ1) is 14.3. The minimum absolute atomic E-state index is 0.592. The Hall–Kier alpha value is -2.33. The molecule has 1 aliphatic rings. The molecule has 0 radical (unpaired) electrons. The SMILES string of the molecule is Cc1cc(CN2CCCC2)cc(Oc2nccc3occc23)c1. The summed E-state index contributed by atoms with van der Waals surface area (Å²) in [6.45, 7) is 5.48. The molecular weight excluding hydrogens is 288 g/mol. The van der Waals surface area contributed by atoms with Crippen molar-refractivity contribution in [3.63, 3.8) is 0 Å². The number of fused-ring (bicyclic) bond motifs is 1. The fourth-order valence-corrected chi connectivity index (χ4v) is 3.24. The number of nitrogens with zero attached hydrogens (tertiary/aromatic N) is 2. The summed E-state index contributed by atoms with van der Waals surface area (Å²) >= 11 is 0. The van der Waals surface area contributed by atoms with E-state index in [1.165, 1.54) is 37.1 Å². The van der Waals surface area contributed by atoms with Gasteiger partial charge in [-0.05, 0) is 68.2 Å². The van der Waals surface area contributed by atoms with Gasteiger partial charge in [-0.15, -0.1) is 0 Å². The number of likely N-dealkylation sites (tertiary alicyclic amines) is 1. The molecule has 0 saturated carbocycles. The predicted octanol–water partition coefficient (Wildman–Crippen LogP) is 4.52. The van der Waals surface area contributed by atoms with Crippen LogP contribution in [0.25, 0.3) is 11.0 Å². The van der Waals surface area contributed by atoms with E-state index in [1.54, 1.807) is 12.5 Å². The van der Waals surface area contributed by atoms with Gasteiger partial charge in [-0.25, -0.2) is 4.98 Å². The molecule has 0 aliphatic carbocycles. The molecule has 1 aliphatic heterocycles. The van der Waals surface area contributed by atoms with Gasteiger partial charge in [0.2, 0.25) is 5.88 Å². The maximum atomic E-state index is 6.05. The van der Waals surface area contributed by atoms with Crippen LogP contribution in [0.15, 0.2) is 47.2 Å². The fraction of sp³-hybridized carbons (Fsp3) is 0.316. The quantitative estimate of drug-likeness (QED) is 0.710. The van der Waals surface area contributed by atoms with Crippen LogP contribution in [0, 0.1) is 6.92 Å². The zero-order chi connectivity index (χ0) is 15.6. The van der Waals surface area contributed by atoms with Crippen LogP contribution in [0.2, 0.25) is 0 Å². The van der Waals surface area contributed by atoms with Gasteiger partial charge in [0.05, 0.1) is 11.6 Å². The fourth-order valence-electron chi connectivity index (χ4n) is 3.24. The Morgan fingerprint density at radius 3 is 2.91 bits per heavy atom. The molecule has 4 nitrogen and oxygen atoms in total. The maximum Gasteiger partial charge on any atom is 0.230 e. The first-order valence-electron chi connectivity index (χ1n) is 8.11. The molecular formula is C19H20N2O2. The molecule has 1 fully saturated rings. The van der Waals surface area contributed by atoms with E-state index in [0.717, 1.165) is 23.3 Å². The Morgan fingerprint density at radius 1 is 1.17 bits per heavy atom. The molecule has 0 unspecified atom stereocenters. The van der Waals surface area contributed by atoms with Crippen LogP contribution in [-0.2, 0) is 6.54 Å². The predicted molar refractivity (Wildman–Crippen MR) is 89.8 cm³/mol. The summed E-state index contributed by atoms with van der Waals surface area (Å²) in [5, 5.41) is 0.898. The van der Waals surface area contributed by atoms with Gasteiger partial charge in [0.15, 0.2) is 0 Å². The van der Waals surface area contributed by atoms with E-state index in [1.807, 2.05) is 18.2 Å². The second-order valence-electron chi connectivity index (χ2n) is 6.19. The Balaban J connectivity index is 1.60. The summed E-state index contributed by atoms with van der Waals surface area (Å²) in [4.78, 5) is 6.84. The van der Waals surface area contributed by atoms with Crippen LogP contribution in [0.5, 0.6) is 11.6 Å². The number of ether oxygens (including phenoxy) is 1. The van der Waals surface area contributed by atoms with E-state index in [-0.39, 0.29) is 0 Å². The van der Waals surface area contributed by atoms with Crippen LogP contribution in [0.4, 0.5) is 0 Å². The number of rotatable bonds is 4. The Bertz CT molecular complexity index is 819. The van der Waals surface area contributed by atoms with Gasteiger partial charge in [-0.1, -0.05) is 6.07 Å². The standard InChI is InChI=1S/C19H20N2O2/c1-14-10-15(13-21-7-2-3-8-21)12-16(11-14)23-19-17-5-9-22-18(17)4-6-20-19/h4-6,9-12H,2-3,7-8,13H2,1H3. The lowest BCUT2D eigenvalue weighted by atomic mass is 10.1. The van der Waals surface area contributed by atoms with Crippen molar-refractivity contribution in [1.29, 1.82) is 0 Å². The smallest absolute Gasteiger partial charge is 0.230 e. The average Bonchev–Trinajstić information content (AvgIpc) is 3.18. The molecule has 118 valence electrons. The van der Waals surface area contributed by atoms with Crippen molar-refractivity contribution in [1.82, 2.24) is 9.88 Å². The summed E-state index contributed by atoms with van der Waals surface area (Å²) in [5.74, 6) is 1.43. The number of furan rings is 1. The van der Waals surface area contributed by atoms with Gasteiger partial charge < -0.3 is 9.15 Å². The Kier molecular flexibility index (Phi) is 3.75. The first-order chi connectivity index (χ1) is 11.3. The van der Waals surface area contributed by atoms with Crippen LogP contribution in [0.3, 0.4) is 0 Å². The van der Waals surface area contributed by atoms with Gasteiger partial charge in [-0.2, -0.15) is 0 Å². The van der Waals surface area contributed by atoms with E-state index in [9.17, 15) is 0 Å². The third-order valence-corrected chi connectivity index (χ3v) is 4.27. The maximum absolute atomic E-state index is 6.05. The summed E-state index contributed by atoms with van der Waals surface area (Å²) < 4.78 is 11.5. The molecule has 4 heteroatoms. The lowest BCUT2D eigenvalue weighted by Gasteiger charge is -2.16. The zero-order valence-corrected chi connectivity index (χ0v) is 13.3. The minimum Gasteiger partial charge on any atom is -0.464 e. The van der Waals surface area contributed by atoms with Crippen LogP contribution in [-0.4, -0.2) is 23.0 Å². The van der Waals surface area contributed by atoms with Gasteiger partial charge in [0, 0.05) is 12.7 Å². The highest BCUT2D eigenvalue weighted by atomic mass is 16.5. The van der Waals surface area contributed by atoms with Gasteiger partial charge in [0.1, 0.15) is 11.3 Å². The molecule has 0 bridgehead atoms. The second-order valence-corrected chi connectivity index (χ2v) is 6.19. The topological polar surface area (TPSA) is 38.5 Å². The van der Waals surface area contributed by atoms with Gasteiger partial charge in [0.25, 0.3) is 0 Å². The number of hydrogen-bond donors (Lipinski definition) is 0. The number of pyridine rings is 1. The van der Waals surface area contributed by atoms with Crippen LogP contribution < -0.4 is 4.74 Å². The van der Waals surface area contributed by atoms with Crippen molar-refractivity contribution in [2.24, 2.45) is 0 Å². The number of hydrogen-bond acceptors (Lipinski definition) is 4. The lowest BCUT2D eigenvalue weighted by molar-refractivity contribution is 0.330. The highest BCUT2D eigenvalue weighted by molar-refractivity contribution is 5.82. The average molecular weight is 308 g/mol. The highest BCUT2D eigenvalue weighted by Gasteiger charge is 2.13. The van der Waals surface area contributed by atoms with Crippen molar-refractivity contribution in [3.05, 3.63) is 53.9 Å². The van der Waals surface area contributed by atoms with E-state index < -0.39 is 0 Å². The monoisotopic (exact) mass is 308 g/mol. The highest BCUT2D eigenvalue weighted by Crippen LogP contribution is 2.29. The van der Waals surface area contributed by atoms with E-state index >= 15 is 0 Å². The first-order valence-corrected chi connectivity index (χ1v) is 8.11. The molecule has 3 aromatic rings. The van der Waals surface area contributed by atoms with Crippen molar-refractivity contribution in [2.75, 3.05) is 13.1 Å².